The van der Waals surface area contributed by atoms with E-state index in [0.29, 0.717) is 6.54 Å². The van der Waals surface area contributed by atoms with Crippen molar-refractivity contribution in [3.63, 3.8) is 0 Å². The van der Waals surface area contributed by atoms with Crippen molar-refractivity contribution in [1.29, 1.82) is 0 Å². The zero-order valence-electron chi connectivity index (χ0n) is 14.1. The summed E-state index contributed by atoms with van der Waals surface area (Å²) in [7, 11) is 0.154. The van der Waals surface area contributed by atoms with Gasteiger partial charge in [-0.05, 0) is 42.7 Å². The first kappa shape index (κ1) is 18.5. The lowest BCUT2D eigenvalue weighted by Crippen LogP contribution is -2.31. The molecule has 2 aromatic carbocycles. The highest BCUT2D eigenvalue weighted by molar-refractivity contribution is 7.89. The standard InChI is InChI=1S/C18H20Cl2N2O2S/c1-21(2)14-7-3-6-13(12-14)17-10-5-11-22(17)25(23,24)18-15(19)8-4-9-16(18)20/h3-4,6-9,12,17H,5,10-11H2,1-2H3. The summed E-state index contributed by atoms with van der Waals surface area (Å²) >= 11 is 12.3. The lowest BCUT2D eigenvalue weighted by molar-refractivity contribution is 0.397. The summed E-state index contributed by atoms with van der Waals surface area (Å²) in [6, 6.07) is 12.5. The number of anilines is 1. The Morgan fingerprint density at radius 3 is 2.36 bits per heavy atom. The number of sulfonamides is 1. The summed E-state index contributed by atoms with van der Waals surface area (Å²) in [5, 5.41) is 0.306. The Hall–Kier alpha value is -1.27. The molecule has 1 unspecified atom stereocenters. The third-order valence-electron chi connectivity index (χ3n) is 4.46. The molecule has 4 nitrogen and oxygen atoms in total. The van der Waals surface area contributed by atoms with Crippen LogP contribution in [0.4, 0.5) is 5.69 Å². The molecule has 0 bridgehead atoms. The maximum atomic E-state index is 13.2. The van der Waals surface area contributed by atoms with Crippen LogP contribution in [-0.4, -0.2) is 33.4 Å². The van der Waals surface area contributed by atoms with Crippen molar-refractivity contribution in [2.45, 2.75) is 23.8 Å². The van der Waals surface area contributed by atoms with Crippen molar-refractivity contribution >= 4 is 38.9 Å². The molecule has 0 N–H and O–H groups in total. The lowest BCUT2D eigenvalue weighted by Gasteiger charge is -2.26. The zero-order chi connectivity index (χ0) is 18.2. The van der Waals surface area contributed by atoms with Gasteiger partial charge in [-0.25, -0.2) is 8.42 Å². The predicted octanol–water partition coefficient (Wildman–Crippen LogP) is 4.59. The monoisotopic (exact) mass is 398 g/mol. The van der Waals surface area contributed by atoms with Gasteiger partial charge in [0.25, 0.3) is 0 Å². The second-order valence-electron chi connectivity index (χ2n) is 6.31. The molecule has 0 aromatic heterocycles. The number of hydrogen-bond donors (Lipinski definition) is 0. The third kappa shape index (κ3) is 3.51. The highest BCUT2D eigenvalue weighted by Crippen LogP contribution is 2.40. The molecule has 1 aliphatic heterocycles. The van der Waals surface area contributed by atoms with E-state index in [2.05, 4.69) is 0 Å². The molecule has 1 fully saturated rings. The molecule has 2 aromatic rings. The van der Waals surface area contributed by atoms with Crippen LogP contribution >= 0.6 is 23.2 Å². The lowest BCUT2D eigenvalue weighted by atomic mass is 10.0. The van der Waals surface area contributed by atoms with Gasteiger partial charge in [0.05, 0.1) is 16.1 Å². The van der Waals surface area contributed by atoms with Gasteiger partial charge in [0.15, 0.2) is 0 Å². The Kier molecular flexibility index (Phi) is 5.30. The minimum absolute atomic E-state index is 0.00556. The quantitative estimate of drug-likeness (QED) is 0.756. The van der Waals surface area contributed by atoms with E-state index in [1.165, 1.54) is 4.31 Å². The second kappa shape index (κ2) is 7.16. The molecule has 1 aliphatic rings. The Morgan fingerprint density at radius 2 is 1.72 bits per heavy atom. The van der Waals surface area contributed by atoms with Gasteiger partial charge >= 0.3 is 0 Å². The maximum Gasteiger partial charge on any atom is 0.246 e. The Bertz CT molecular complexity index is 864. The molecule has 3 rings (SSSR count). The van der Waals surface area contributed by atoms with E-state index in [9.17, 15) is 8.42 Å². The van der Waals surface area contributed by atoms with Crippen LogP contribution in [-0.2, 0) is 10.0 Å². The van der Waals surface area contributed by atoms with E-state index in [-0.39, 0.29) is 21.0 Å². The summed E-state index contributed by atoms with van der Waals surface area (Å²) in [5.41, 5.74) is 2.02. The van der Waals surface area contributed by atoms with E-state index >= 15 is 0 Å². The molecule has 0 aliphatic carbocycles. The van der Waals surface area contributed by atoms with E-state index < -0.39 is 10.0 Å². The average molecular weight is 399 g/mol. The smallest absolute Gasteiger partial charge is 0.246 e. The molecular weight excluding hydrogens is 379 g/mol. The minimum atomic E-state index is -3.77. The van der Waals surface area contributed by atoms with E-state index in [0.717, 1.165) is 24.1 Å². The first-order chi connectivity index (χ1) is 11.8. The number of rotatable bonds is 4. The third-order valence-corrected chi connectivity index (χ3v) is 7.32. The van der Waals surface area contributed by atoms with Crippen LogP contribution in [0.3, 0.4) is 0 Å². The van der Waals surface area contributed by atoms with Crippen molar-refractivity contribution in [2.24, 2.45) is 0 Å². The molecule has 1 saturated heterocycles. The maximum absolute atomic E-state index is 13.2. The van der Waals surface area contributed by atoms with Crippen molar-refractivity contribution < 1.29 is 8.42 Å². The van der Waals surface area contributed by atoms with Crippen molar-refractivity contribution in [2.75, 3.05) is 25.5 Å². The van der Waals surface area contributed by atoms with Gasteiger partial charge in [-0.1, -0.05) is 41.4 Å². The van der Waals surface area contributed by atoms with Gasteiger partial charge in [0, 0.05) is 26.3 Å². The first-order valence-corrected chi connectivity index (χ1v) is 10.2. The van der Waals surface area contributed by atoms with Gasteiger partial charge in [-0.2, -0.15) is 4.31 Å². The van der Waals surface area contributed by atoms with Gasteiger partial charge in [-0.3, -0.25) is 0 Å². The van der Waals surface area contributed by atoms with Gasteiger partial charge in [0.1, 0.15) is 4.90 Å². The fourth-order valence-corrected chi connectivity index (χ4v) is 5.99. The van der Waals surface area contributed by atoms with E-state index in [1.807, 2.05) is 43.3 Å². The van der Waals surface area contributed by atoms with Crippen molar-refractivity contribution in [3.8, 4) is 0 Å². The average Bonchev–Trinajstić information content (AvgIpc) is 3.05. The van der Waals surface area contributed by atoms with Gasteiger partial charge in [-0.15, -0.1) is 0 Å². The van der Waals surface area contributed by atoms with Gasteiger partial charge in [0.2, 0.25) is 10.0 Å². The van der Waals surface area contributed by atoms with Crippen LogP contribution in [0, 0.1) is 0 Å². The normalized spacial score (nSPS) is 18.5. The van der Waals surface area contributed by atoms with Gasteiger partial charge < -0.3 is 4.90 Å². The highest BCUT2D eigenvalue weighted by atomic mass is 35.5. The SMILES string of the molecule is CN(C)c1cccc(C2CCCN2S(=O)(=O)c2c(Cl)cccc2Cl)c1. The number of hydrogen-bond acceptors (Lipinski definition) is 3. The van der Waals surface area contributed by atoms with Crippen molar-refractivity contribution in [1.82, 2.24) is 4.31 Å². The second-order valence-corrected chi connectivity index (χ2v) is 8.96. The molecule has 1 heterocycles. The zero-order valence-corrected chi connectivity index (χ0v) is 16.4. The topological polar surface area (TPSA) is 40.6 Å². The molecule has 0 spiro atoms. The van der Waals surface area contributed by atoms with E-state index in [1.54, 1.807) is 18.2 Å². The highest BCUT2D eigenvalue weighted by Gasteiger charge is 2.38. The molecule has 134 valence electrons. The molecule has 0 saturated carbocycles. The number of halogens is 2. The summed E-state index contributed by atoms with van der Waals surface area (Å²) in [6.45, 7) is 0.459. The summed E-state index contributed by atoms with van der Waals surface area (Å²) in [5.74, 6) is 0. The van der Waals surface area contributed by atoms with Crippen LogP contribution in [0.15, 0.2) is 47.4 Å². The van der Waals surface area contributed by atoms with Crippen LogP contribution in [0.5, 0.6) is 0 Å². The molecule has 25 heavy (non-hydrogen) atoms. The fourth-order valence-electron chi connectivity index (χ4n) is 3.22. The Balaban J connectivity index is 2.03. The number of nitrogens with zero attached hydrogens (tertiary/aromatic N) is 2. The van der Waals surface area contributed by atoms with Crippen molar-refractivity contribution in [3.05, 3.63) is 58.1 Å². The van der Waals surface area contributed by atoms with E-state index in [4.69, 9.17) is 23.2 Å². The molecule has 1 atom stereocenters. The predicted molar refractivity (Wildman–Crippen MR) is 103 cm³/mol. The number of benzene rings is 2. The Labute approximate surface area is 159 Å². The fraction of sp³-hybridized carbons (Fsp3) is 0.333. The Morgan fingerprint density at radius 1 is 1.08 bits per heavy atom. The molecular formula is C18H20Cl2N2O2S. The summed E-state index contributed by atoms with van der Waals surface area (Å²) in [4.78, 5) is 2.00. The molecule has 0 radical (unpaired) electrons. The van der Waals surface area contributed by atoms with Crippen LogP contribution in [0.25, 0.3) is 0 Å². The largest absolute Gasteiger partial charge is 0.378 e. The summed E-state index contributed by atoms with van der Waals surface area (Å²) in [6.07, 6.45) is 1.58. The van der Waals surface area contributed by atoms with Crippen LogP contribution in [0.2, 0.25) is 10.0 Å². The van der Waals surface area contributed by atoms with Crippen LogP contribution < -0.4 is 4.90 Å². The minimum Gasteiger partial charge on any atom is -0.378 e. The van der Waals surface area contributed by atoms with Crippen LogP contribution in [0.1, 0.15) is 24.4 Å². The molecule has 7 heteroatoms. The first-order valence-electron chi connectivity index (χ1n) is 8.05. The molecule has 0 amide bonds. The summed E-state index contributed by atoms with van der Waals surface area (Å²) < 4.78 is 28.0.